The first-order chi connectivity index (χ1) is 8.56. The molecule has 0 radical (unpaired) electrons. The monoisotopic (exact) mass is 359 g/mol. The molecule has 0 heterocycles. The Balaban J connectivity index is 2.09. The minimum Gasteiger partial charge on any atom is -0.380 e. The number of nitrogens with one attached hydrogen (secondary N) is 1. The third kappa shape index (κ3) is 3.19. The van der Waals surface area contributed by atoms with Crippen LogP contribution in [0.2, 0.25) is 0 Å². The van der Waals surface area contributed by atoms with Gasteiger partial charge < -0.3 is 5.32 Å². The molecule has 18 heavy (non-hydrogen) atoms. The van der Waals surface area contributed by atoms with Crippen LogP contribution in [0.15, 0.2) is 36.4 Å². The van der Waals surface area contributed by atoms with Gasteiger partial charge in [-0.15, -0.1) is 0 Å². The minimum absolute atomic E-state index is 0.199. The molecule has 4 heteroatoms. The molecule has 0 spiro atoms. The van der Waals surface area contributed by atoms with Crippen molar-refractivity contribution < 1.29 is 8.78 Å². The first kappa shape index (κ1) is 13.3. The quantitative estimate of drug-likeness (QED) is 0.797. The van der Waals surface area contributed by atoms with Crippen LogP contribution in [0.5, 0.6) is 0 Å². The van der Waals surface area contributed by atoms with Gasteiger partial charge in [0.1, 0.15) is 11.6 Å². The van der Waals surface area contributed by atoms with Crippen LogP contribution in [0, 0.1) is 22.1 Å². The lowest BCUT2D eigenvalue weighted by Gasteiger charge is -2.09. The molecule has 94 valence electrons. The summed E-state index contributed by atoms with van der Waals surface area (Å²) < 4.78 is 26.9. The first-order valence-corrected chi connectivity index (χ1v) is 6.58. The predicted molar refractivity (Wildman–Crippen MR) is 77.6 cm³/mol. The van der Waals surface area contributed by atoms with E-state index in [4.69, 9.17) is 0 Å². The van der Waals surface area contributed by atoms with Gasteiger partial charge in [-0.1, -0.05) is 12.1 Å². The smallest absolute Gasteiger partial charge is 0.126 e. The lowest BCUT2D eigenvalue weighted by molar-refractivity contribution is 0.617. The van der Waals surface area contributed by atoms with Crippen molar-refractivity contribution in [2.75, 3.05) is 5.32 Å². The summed E-state index contributed by atoms with van der Waals surface area (Å²) in [4.78, 5) is 0. The summed E-state index contributed by atoms with van der Waals surface area (Å²) in [6.07, 6.45) is 0. The second-order valence-electron chi connectivity index (χ2n) is 4.06. The molecule has 0 fully saturated rings. The zero-order chi connectivity index (χ0) is 13.1. The van der Waals surface area contributed by atoms with Crippen molar-refractivity contribution in [2.24, 2.45) is 0 Å². The van der Waals surface area contributed by atoms with Gasteiger partial charge in [-0.25, -0.2) is 8.78 Å². The fourth-order valence-electron chi connectivity index (χ4n) is 1.65. The number of hydrogen-bond acceptors (Lipinski definition) is 1. The van der Waals surface area contributed by atoms with Gasteiger partial charge in [-0.05, 0) is 64.9 Å². The van der Waals surface area contributed by atoms with Crippen LogP contribution in [0.4, 0.5) is 14.5 Å². The molecule has 0 amide bonds. The van der Waals surface area contributed by atoms with Crippen molar-refractivity contribution in [3.05, 3.63) is 62.7 Å². The van der Waals surface area contributed by atoms with Gasteiger partial charge in [0.05, 0.1) is 0 Å². The molecule has 2 aromatic rings. The maximum absolute atomic E-state index is 13.1. The van der Waals surface area contributed by atoms with Crippen molar-refractivity contribution in [1.82, 2.24) is 0 Å². The van der Waals surface area contributed by atoms with Crippen molar-refractivity contribution in [3.8, 4) is 0 Å². The van der Waals surface area contributed by atoms with Crippen molar-refractivity contribution >= 4 is 28.3 Å². The number of benzene rings is 2. The average molecular weight is 359 g/mol. The van der Waals surface area contributed by atoms with E-state index in [0.29, 0.717) is 12.1 Å². The Labute approximate surface area is 118 Å². The molecule has 0 saturated carbocycles. The lowest BCUT2D eigenvalue weighted by Crippen LogP contribution is -2.02. The molecule has 0 aliphatic rings. The second kappa shape index (κ2) is 5.65. The highest BCUT2D eigenvalue weighted by Gasteiger charge is 2.02. The van der Waals surface area contributed by atoms with Crippen LogP contribution in [-0.2, 0) is 6.54 Å². The van der Waals surface area contributed by atoms with Crippen molar-refractivity contribution in [1.29, 1.82) is 0 Å². The summed E-state index contributed by atoms with van der Waals surface area (Å²) in [7, 11) is 0. The van der Waals surface area contributed by atoms with Gasteiger partial charge in [-0.2, -0.15) is 0 Å². The van der Waals surface area contributed by atoms with Gasteiger partial charge in [0, 0.05) is 15.8 Å². The van der Waals surface area contributed by atoms with Gasteiger partial charge in [0.15, 0.2) is 0 Å². The van der Waals surface area contributed by atoms with E-state index in [1.54, 1.807) is 25.1 Å². The molecule has 2 rings (SSSR count). The summed E-state index contributed by atoms with van der Waals surface area (Å²) >= 11 is 2.08. The number of hydrogen-bond donors (Lipinski definition) is 1. The summed E-state index contributed by atoms with van der Waals surface area (Å²) in [6.45, 7) is 2.32. The zero-order valence-electron chi connectivity index (χ0n) is 9.81. The van der Waals surface area contributed by atoms with Crippen molar-refractivity contribution in [3.63, 3.8) is 0 Å². The van der Waals surface area contributed by atoms with Gasteiger partial charge in [0.25, 0.3) is 0 Å². The Morgan fingerprint density at radius 1 is 1.11 bits per heavy atom. The fourth-order valence-corrected chi connectivity index (χ4v) is 2.31. The van der Waals surface area contributed by atoms with E-state index in [1.807, 2.05) is 0 Å². The highest BCUT2D eigenvalue weighted by molar-refractivity contribution is 14.1. The topological polar surface area (TPSA) is 12.0 Å². The highest BCUT2D eigenvalue weighted by atomic mass is 127. The summed E-state index contributed by atoms with van der Waals surface area (Å²) in [5.41, 5.74) is 2.50. The highest BCUT2D eigenvalue weighted by Crippen LogP contribution is 2.20. The molecule has 0 aliphatic carbocycles. The Kier molecular flexibility index (Phi) is 4.16. The molecule has 0 aromatic heterocycles. The molecule has 0 unspecified atom stereocenters. The number of aryl methyl sites for hydroxylation is 1. The average Bonchev–Trinajstić information content (AvgIpc) is 2.32. The van der Waals surface area contributed by atoms with E-state index in [1.165, 1.54) is 18.2 Å². The van der Waals surface area contributed by atoms with E-state index < -0.39 is 0 Å². The Morgan fingerprint density at radius 2 is 1.89 bits per heavy atom. The Hall–Kier alpha value is -1.17. The van der Waals surface area contributed by atoms with E-state index in [2.05, 4.69) is 27.9 Å². The second-order valence-corrected chi connectivity index (χ2v) is 5.22. The van der Waals surface area contributed by atoms with Gasteiger partial charge in [-0.3, -0.25) is 0 Å². The first-order valence-electron chi connectivity index (χ1n) is 5.50. The molecule has 2 aromatic carbocycles. The maximum Gasteiger partial charge on any atom is 0.126 e. The number of anilines is 1. The van der Waals surface area contributed by atoms with Gasteiger partial charge in [0.2, 0.25) is 0 Å². The molecular weight excluding hydrogens is 347 g/mol. The SMILES string of the molecule is Cc1cc(CNc2ccc(F)cc2I)ccc1F. The van der Waals surface area contributed by atoms with E-state index in [0.717, 1.165) is 14.8 Å². The van der Waals surface area contributed by atoms with Crippen LogP contribution in [0.3, 0.4) is 0 Å². The van der Waals surface area contributed by atoms with Crippen LogP contribution in [-0.4, -0.2) is 0 Å². The van der Waals surface area contributed by atoms with Crippen LogP contribution >= 0.6 is 22.6 Å². The Bertz CT molecular complexity index is 570. The summed E-state index contributed by atoms with van der Waals surface area (Å²) in [6, 6.07) is 9.60. The molecular formula is C14H12F2IN. The number of rotatable bonds is 3. The standard InChI is InChI=1S/C14H12F2IN/c1-9-6-10(2-4-12(9)16)8-18-14-5-3-11(15)7-13(14)17/h2-7,18H,8H2,1H3. The number of halogens is 3. The maximum atomic E-state index is 13.1. The largest absolute Gasteiger partial charge is 0.380 e. The van der Waals surface area contributed by atoms with Crippen LogP contribution in [0.25, 0.3) is 0 Å². The Morgan fingerprint density at radius 3 is 2.56 bits per heavy atom. The molecule has 0 bridgehead atoms. The fraction of sp³-hybridized carbons (Fsp3) is 0.143. The minimum atomic E-state index is -0.248. The normalized spacial score (nSPS) is 10.4. The van der Waals surface area contributed by atoms with Crippen LogP contribution in [0.1, 0.15) is 11.1 Å². The molecule has 1 nitrogen and oxygen atoms in total. The summed E-state index contributed by atoms with van der Waals surface area (Å²) in [5.74, 6) is -0.447. The predicted octanol–water partition coefficient (Wildman–Crippen LogP) is 4.49. The zero-order valence-corrected chi connectivity index (χ0v) is 12.0. The molecule has 0 saturated heterocycles. The molecule has 0 atom stereocenters. The molecule has 0 aliphatic heterocycles. The van der Waals surface area contributed by atoms with Crippen LogP contribution < -0.4 is 5.32 Å². The van der Waals surface area contributed by atoms with E-state index >= 15 is 0 Å². The third-order valence-electron chi connectivity index (χ3n) is 2.64. The van der Waals surface area contributed by atoms with E-state index in [-0.39, 0.29) is 11.6 Å². The van der Waals surface area contributed by atoms with Gasteiger partial charge >= 0.3 is 0 Å². The third-order valence-corrected chi connectivity index (χ3v) is 3.53. The molecule has 1 N–H and O–H groups in total. The van der Waals surface area contributed by atoms with Crippen molar-refractivity contribution in [2.45, 2.75) is 13.5 Å². The summed E-state index contributed by atoms with van der Waals surface area (Å²) in [5, 5.41) is 3.21. The van der Waals surface area contributed by atoms with E-state index in [9.17, 15) is 8.78 Å². The lowest BCUT2D eigenvalue weighted by atomic mass is 10.1.